The van der Waals surface area contributed by atoms with E-state index in [1.54, 1.807) is 0 Å². The van der Waals surface area contributed by atoms with Gasteiger partial charge in [0, 0.05) is 13.2 Å². The molecule has 2 heterocycles. The minimum Gasteiger partial charge on any atom is -0.477 e. The molecule has 2 aromatic rings. The van der Waals surface area contributed by atoms with Crippen molar-refractivity contribution >= 4 is 44.6 Å². The molecule has 0 unspecified atom stereocenters. The first-order valence-corrected chi connectivity index (χ1v) is 7.89. The molecule has 0 amide bonds. The van der Waals surface area contributed by atoms with Gasteiger partial charge in [-0.1, -0.05) is 11.6 Å². The van der Waals surface area contributed by atoms with Crippen LogP contribution < -0.4 is 4.31 Å². The zero-order valence-electron chi connectivity index (χ0n) is 10.1. The summed E-state index contributed by atoms with van der Waals surface area (Å²) >= 11 is 6.66. The van der Waals surface area contributed by atoms with Gasteiger partial charge in [-0.15, -0.1) is 11.3 Å². The molecule has 0 radical (unpaired) electrons. The molecule has 0 aliphatic rings. The van der Waals surface area contributed by atoms with Crippen LogP contribution in [0.4, 0.5) is 5.69 Å². The predicted octanol–water partition coefficient (Wildman–Crippen LogP) is 2.32. The predicted molar refractivity (Wildman–Crippen MR) is 76.1 cm³/mol. The Morgan fingerprint density at radius 3 is 2.65 bits per heavy atom. The number of sulfonamides is 1. The van der Waals surface area contributed by atoms with Crippen molar-refractivity contribution in [2.45, 2.75) is 4.21 Å². The van der Waals surface area contributed by atoms with Crippen LogP contribution in [0.25, 0.3) is 0 Å². The highest BCUT2D eigenvalue weighted by Crippen LogP contribution is 2.29. The van der Waals surface area contributed by atoms with E-state index in [2.05, 4.69) is 4.98 Å². The van der Waals surface area contributed by atoms with Gasteiger partial charge in [0.15, 0.2) is 0 Å². The van der Waals surface area contributed by atoms with E-state index in [1.807, 2.05) is 0 Å². The number of hydrogen-bond donors (Lipinski definition) is 1. The van der Waals surface area contributed by atoms with Crippen molar-refractivity contribution in [1.82, 2.24) is 4.98 Å². The minimum absolute atomic E-state index is 0.0821. The highest BCUT2D eigenvalue weighted by Gasteiger charge is 2.24. The second-order valence-corrected chi connectivity index (χ2v) is 7.65. The third kappa shape index (κ3) is 2.77. The molecule has 0 aliphatic heterocycles. The Kier molecular flexibility index (Phi) is 3.98. The van der Waals surface area contributed by atoms with Gasteiger partial charge in [0.25, 0.3) is 10.0 Å². The van der Waals surface area contributed by atoms with Gasteiger partial charge in [-0.25, -0.2) is 18.2 Å². The van der Waals surface area contributed by atoms with Gasteiger partial charge in [0.05, 0.1) is 10.0 Å². The largest absolute Gasteiger partial charge is 0.477 e. The van der Waals surface area contributed by atoms with Crippen LogP contribution in [0.3, 0.4) is 0 Å². The number of pyridine rings is 1. The van der Waals surface area contributed by atoms with Crippen LogP contribution in [-0.2, 0) is 10.0 Å². The molecule has 0 spiro atoms. The molecule has 0 saturated heterocycles. The fourth-order valence-electron chi connectivity index (χ4n) is 1.44. The third-order valence-electron chi connectivity index (χ3n) is 2.49. The summed E-state index contributed by atoms with van der Waals surface area (Å²) in [7, 11) is -2.43. The fraction of sp³-hybridized carbons (Fsp3) is 0.0909. The molecule has 106 valence electrons. The minimum atomic E-state index is -3.77. The number of rotatable bonds is 4. The summed E-state index contributed by atoms with van der Waals surface area (Å²) in [6, 6.07) is 5.49. The number of thiophene rings is 1. The van der Waals surface area contributed by atoms with Gasteiger partial charge >= 0.3 is 5.97 Å². The van der Waals surface area contributed by atoms with Gasteiger partial charge in [-0.05, 0) is 24.3 Å². The maximum absolute atomic E-state index is 12.3. The molecular weight excluding hydrogens is 324 g/mol. The molecule has 0 aromatic carbocycles. The molecule has 0 aliphatic carbocycles. The van der Waals surface area contributed by atoms with Crippen molar-refractivity contribution in [3.05, 3.63) is 40.5 Å². The lowest BCUT2D eigenvalue weighted by atomic mass is 10.3. The van der Waals surface area contributed by atoms with E-state index in [0.29, 0.717) is 4.34 Å². The van der Waals surface area contributed by atoms with Gasteiger partial charge in [-0.2, -0.15) is 0 Å². The molecule has 9 heteroatoms. The molecule has 0 atom stereocenters. The lowest BCUT2D eigenvalue weighted by molar-refractivity contribution is 0.0690. The van der Waals surface area contributed by atoms with Gasteiger partial charge in [0.1, 0.15) is 9.90 Å². The Labute approximate surface area is 124 Å². The Morgan fingerprint density at radius 2 is 2.10 bits per heavy atom. The van der Waals surface area contributed by atoms with Gasteiger partial charge < -0.3 is 5.11 Å². The molecule has 0 saturated carbocycles. The molecule has 2 rings (SSSR count). The first kappa shape index (κ1) is 14.8. The molecule has 0 fully saturated rings. The summed E-state index contributed by atoms with van der Waals surface area (Å²) in [5.74, 6) is -1.23. The Balaban J connectivity index is 2.43. The van der Waals surface area contributed by atoms with Crippen molar-refractivity contribution in [1.29, 1.82) is 0 Å². The second-order valence-electron chi connectivity index (χ2n) is 3.74. The monoisotopic (exact) mass is 332 g/mol. The van der Waals surface area contributed by atoms with E-state index in [0.717, 1.165) is 15.6 Å². The van der Waals surface area contributed by atoms with E-state index >= 15 is 0 Å². The average molecular weight is 333 g/mol. The molecule has 1 N–H and O–H groups in total. The maximum atomic E-state index is 12.3. The number of anilines is 1. The van der Waals surface area contributed by atoms with Crippen LogP contribution in [0.15, 0.2) is 34.7 Å². The van der Waals surface area contributed by atoms with Crippen molar-refractivity contribution < 1.29 is 18.3 Å². The number of nitrogens with zero attached hydrogens (tertiary/aromatic N) is 2. The van der Waals surface area contributed by atoms with Gasteiger partial charge in [-0.3, -0.25) is 4.31 Å². The number of halogens is 1. The molecule has 20 heavy (non-hydrogen) atoms. The molecule has 0 bridgehead atoms. The summed E-state index contributed by atoms with van der Waals surface area (Å²) in [6.45, 7) is 0. The molecule has 6 nitrogen and oxygen atoms in total. The Hall–Kier alpha value is -1.64. The van der Waals surface area contributed by atoms with Crippen molar-refractivity contribution in [2.24, 2.45) is 0 Å². The summed E-state index contributed by atoms with van der Waals surface area (Å²) in [5.41, 5.74) is -0.0179. The van der Waals surface area contributed by atoms with E-state index in [-0.39, 0.29) is 15.6 Å². The average Bonchev–Trinajstić information content (AvgIpc) is 2.85. The normalized spacial score (nSPS) is 11.3. The van der Waals surface area contributed by atoms with Crippen molar-refractivity contribution in [3.8, 4) is 0 Å². The zero-order valence-corrected chi connectivity index (χ0v) is 12.5. The summed E-state index contributed by atoms with van der Waals surface area (Å²) in [6.07, 6.45) is 1.24. The first-order chi connectivity index (χ1) is 9.32. The van der Waals surface area contributed by atoms with Gasteiger partial charge in [0.2, 0.25) is 0 Å². The summed E-state index contributed by atoms with van der Waals surface area (Å²) in [5, 5.41) is 8.87. The quantitative estimate of drug-likeness (QED) is 0.928. The third-order valence-corrected chi connectivity index (χ3v) is 5.97. The van der Waals surface area contributed by atoms with Crippen LogP contribution >= 0.6 is 22.9 Å². The standard InChI is InChI=1S/C11H9ClN2O4S2/c1-14(7-4-5-13-8(6-7)11(15)16)20(17,18)10-3-2-9(12)19-10/h2-6H,1H3,(H,15,16). The molecule has 2 aromatic heterocycles. The number of carboxylic acid groups (broad SMARTS) is 1. The highest BCUT2D eigenvalue weighted by atomic mass is 35.5. The van der Waals surface area contributed by atoms with E-state index < -0.39 is 16.0 Å². The zero-order chi connectivity index (χ0) is 14.9. The first-order valence-electron chi connectivity index (χ1n) is 5.26. The highest BCUT2D eigenvalue weighted by molar-refractivity contribution is 7.94. The molecular formula is C11H9ClN2O4S2. The topological polar surface area (TPSA) is 87.6 Å². The number of carbonyl (C=O) groups is 1. The van der Waals surface area contributed by atoms with Crippen molar-refractivity contribution in [2.75, 3.05) is 11.4 Å². The Morgan fingerprint density at radius 1 is 1.40 bits per heavy atom. The number of aromatic carboxylic acids is 1. The van der Waals surface area contributed by atoms with Crippen LogP contribution in [0, 0.1) is 0 Å². The van der Waals surface area contributed by atoms with Crippen LogP contribution in [0.1, 0.15) is 10.5 Å². The fourth-order valence-corrected chi connectivity index (χ4v) is 4.28. The Bertz CT molecular complexity index is 757. The summed E-state index contributed by atoms with van der Waals surface area (Å²) < 4.78 is 26.1. The number of aromatic nitrogens is 1. The maximum Gasteiger partial charge on any atom is 0.354 e. The van der Waals surface area contributed by atoms with E-state index in [1.165, 1.54) is 37.5 Å². The lowest BCUT2D eigenvalue weighted by Gasteiger charge is -2.18. The summed E-state index contributed by atoms with van der Waals surface area (Å²) in [4.78, 5) is 14.5. The van der Waals surface area contributed by atoms with E-state index in [9.17, 15) is 13.2 Å². The second kappa shape index (κ2) is 5.39. The lowest BCUT2D eigenvalue weighted by Crippen LogP contribution is -2.26. The van der Waals surface area contributed by atoms with Crippen molar-refractivity contribution in [3.63, 3.8) is 0 Å². The van der Waals surface area contributed by atoms with Crippen LogP contribution in [-0.4, -0.2) is 31.5 Å². The smallest absolute Gasteiger partial charge is 0.354 e. The number of carboxylic acids is 1. The van der Waals surface area contributed by atoms with E-state index in [4.69, 9.17) is 16.7 Å². The number of hydrogen-bond acceptors (Lipinski definition) is 5. The van der Waals surface area contributed by atoms with Crippen LogP contribution in [0.5, 0.6) is 0 Å². The van der Waals surface area contributed by atoms with Crippen LogP contribution in [0.2, 0.25) is 4.34 Å². The SMILES string of the molecule is CN(c1ccnc(C(=O)O)c1)S(=O)(=O)c1ccc(Cl)s1.